The van der Waals surface area contributed by atoms with E-state index in [0.717, 1.165) is 6.26 Å². The van der Waals surface area contributed by atoms with Crippen molar-refractivity contribution >= 4 is 32.6 Å². The molecule has 0 aliphatic heterocycles. The van der Waals surface area contributed by atoms with Gasteiger partial charge in [-0.2, -0.15) is 0 Å². The monoisotopic (exact) mass is 283 g/mol. The minimum Gasteiger partial charge on any atom is -0.460 e. The molecule has 1 aromatic carbocycles. The summed E-state index contributed by atoms with van der Waals surface area (Å²) in [6.07, 6.45) is 1.07. The molecule has 0 unspecified atom stereocenters. The predicted octanol–water partition coefficient (Wildman–Crippen LogP) is 1.98. The van der Waals surface area contributed by atoms with Crippen LogP contribution in [0.2, 0.25) is 0 Å². The van der Waals surface area contributed by atoms with Crippen molar-refractivity contribution in [2.24, 2.45) is 0 Å². The molecule has 1 aromatic heterocycles. The van der Waals surface area contributed by atoms with Gasteiger partial charge in [-0.1, -0.05) is 0 Å². The normalized spacial score (nSPS) is 11.5. The molecule has 7 heteroatoms. The SMILES string of the molecule is CCOC(=O)c1cc2cc(NS(C)(=O)=O)ccc2o1. The fourth-order valence-electron chi connectivity index (χ4n) is 1.62. The first-order valence-corrected chi connectivity index (χ1v) is 7.46. The topological polar surface area (TPSA) is 85.6 Å². The van der Waals surface area contributed by atoms with E-state index < -0.39 is 16.0 Å². The maximum absolute atomic E-state index is 11.5. The van der Waals surface area contributed by atoms with Crippen LogP contribution in [0.3, 0.4) is 0 Å². The lowest BCUT2D eigenvalue weighted by molar-refractivity contribution is 0.0492. The van der Waals surface area contributed by atoms with Crippen LogP contribution in [-0.4, -0.2) is 27.2 Å². The molecular formula is C12H13NO5S. The number of fused-ring (bicyclic) bond motifs is 1. The molecule has 0 saturated carbocycles. The van der Waals surface area contributed by atoms with Gasteiger partial charge in [-0.05, 0) is 31.2 Å². The van der Waals surface area contributed by atoms with Crippen LogP contribution in [0.15, 0.2) is 28.7 Å². The van der Waals surface area contributed by atoms with Gasteiger partial charge in [0.05, 0.1) is 12.9 Å². The van der Waals surface area contributed by atoms with E-state index in [9.17, 15) is 13.2 Å². The Kier molecular flexibility index (Phi) is 3.48. The number of benzene rings is 1. The molecule has 6 nitrogen and oxygen atoms in total. The second-order valence-corrected chi connectivity index (χ2v) is 5.71. The van der Waals surface area contributed by atoms with Crippen molar-refractivity contribution in [2.75, 3.05) is 17.6 Å². The van der Waals surface area contributed by atoms with Gasteiger partial charge in [0.1, 0.15) is 5.58 Å². The first kappa shape index (κ1) is 13.4. The van der Waals surface area contributed by atoms with E-state index in [0.29, 0.717) is 16.7 Å². The predicted molar refractivity (Wildman–Crippen MR) is 70.6 cm³/mol. The third kappa shape index (κ3) is 3.25. The Morgan fingerprint density at radius 2 is 2.11 bits per heavy atom. The van der Waals surface area contributed by atoms with E-state index in [1.165, 1.54) is 6.07 Å². The maximum atomic E-state index is 11.5. The zero-order chi connectivity index (χ0) is 14.0. The lowest BCUT2D eigenvalue weighted by Crippen LogP contribution is -2.09. The molecule has 1 heterocycles. The molecule has 2 aromatic rings. The zero-order valence-electron chi connectivity index (χ0n) is 10.5. The molecule has 0 fully saturated rings. The largest absolute Gasteiger partial charge is 0.460 e. The van der Waals surface area contributed by atoms with Gasteiger partial charge in [-0.25, -0.2) is 13.2 Å². The summed E-state index contributed by atoms with van der Waals surface area (Å²) in [7, 11) is -3.34. The molecular weight excluding hydrogens is 270 g/mol. The number of hydrogen-bond acceptors (Lipinski definition) is 5. The molecule has 102 valence electrons. The van der Waals surface area contributed by atoms with Crippen LogP contribution in [-0.2, 0) is 14.8 Å². The Hall–Kier alpha value is -2.02. The van der Waals surface area contributed by atoms with E-state index in [1.807, 2.05) is 0 Å². The highest BCUT2D eigenvalue weighted by Gasteiger charge is 2.13. The summed E-state index contributed by atoms with van der Waals surface area (Å²) >= 11 is 0. The van der Waals surface area contributed by atoms with Crippen LogP contribution >= 0.6 is 0 Å². The highest BCUT2D eigenvalue weighted by molar-refractivity contribution is 7.92. The van der Waals surface area contributed by atoms with Crippen LogP contribution < -0.4 is 4.72 Å². The van der Waals surface area contributed by atoms with Crippen LogP contribution in [0.25, 0.3) is 11.0 Å². The molecule has 0 aliphatic carbocycles. The van der Waals surface area contributed by atoms with E-state index in [4.69, 9.17) is 9.15 Å². The van der Waals surface area contributed by atoms with Gasteiger partial charge < -0.3 is 9.15 Å². The van der Waals surface area contributed by atoms with Crippen molar-refractivity contribution in [1.82, 2.24) is 0 Å². The van der Waals surface area contributed by atoms with Gasteiger partial charge in [0, 0.05) is 11.1 Å². The van der Waals surface area contributed by atoms with Crippen LogP contribution in [0, 0.1) is 0 Å². The first-order chi connectivity index (χ1) is 8.89. The molecule has 0 atom stereocenters. The van der Waals surface area contributed by atoms with Gasteiger partial charge in [0.2, 0.25) is 15.8 Å². The van der Waals surface area contributed by atoms with Gasteiger partial charge in [0.25, 0.3) is 0 Å². The highest BCUT2D eigenvalue weighted by atomic mass is 32.2. The molecule has 0 saturated heterocycles. The highest BCUT2D eigenvalue weighted by Crippen LogP contribution is 2.24. The number of esters is 1. The first-order valence-electron chi connectivity index (χ1n) is 5.57. The fraction of sp³-hybridized carbons (Fsp3) is 0.250. The number of sulfonamides is 1. The second kappa shape index (κ2) is 4.93. The number of carbonyl (C=O) groups is 1. The van der Waals surface area contributed by atoms with Gasteiger partial charge in [-0.3, -0.25) is 4.72 Å². The third-order valence-electron chi connectivity index (χ3n) is 2.30. The zero-order valence-corrected chi connectivity index (χ0v) is 11.3. The Morgan fingerprint density at radius 3 is 2.74 bits per heavy atom. The molecule has 19 heavy (non-hydrogen) atoms. The number of anilines is 1. The quantitative estimate of drug-likeness (QED) is 0.867. The Morgan fingerprint density at radius 1 is 1.37 bits per heavy atom. The lowest BCUT2D eigenvalue weighted by atomic mass is 10.2. The standard InChI is InChI=1S/C12H13NO5S/c1-3-17-12(14)11-7-8-6-9(13-19(2,15)16)4-5-10(8)18-11/h4-7,13H,3H2,1-2H3. The molecule has 0 spiro atoms. The number of nitrogens with one attached hydrogen (secondary N) is 1. The van der Waals surface area contributed by atoms with Gasteiger partial charge in [0.15, 0.2) is 0 Å². The van der Waals surface area contributed by atoms with E-state index in [2.05, 4.69) is 4.72 Å². The number of carbonyl (C=O) groups excluding carboxylic acids is 1. The van der Waals surface area contributed by atoms with Gasteiger partial charge in [-0.15, -0.1) is 0 Å². The van der Waals surface area contributed by atoms with E-state index in [1.54, 1.807) is 25.1 Å². The number of rotatable bonds is 4. The number of ether oxygens (including phenoxy) is 1. The molecule has 0 bridgehead atoms. The summed E-state index contributed by atoms with van der Waals surface area (Å²) in [6, 6.07) is 6.25. The summed E-state index contributed by atoms with van der Waals surface area (Å²) in [5, 5.41) is 0.622. The summed E-state index contributed by atoms with van der Waals surface area (Å²) in [6.45, 7) is 1.96. The number of furan rings is 1. The number of hydrogen-bond donors (Lipinski definition) is 1. The van der Waals surface area contributed by atoms with Crippen molar-refractivity contribution in [3.05, 3.63) is 30.0 Å². The summed E-state index contributed by atoms with van der Waals surface area (Å²) in [5.41, 5.74) is 0.897. The summed E-state index contributed by atoms with van der Waals surface area (Å²) in [5.74, 6) is -0.454. The maximum Gasteiger partial charge on any atom is 0.374 e. The van der Waals surface area contributed by atoms with Gasteiger partial charge >= 0.3 is 5.97 Å². The molecule has 2 rings (SSSR count). The van der Waals surface area contributed by atoms with E-state index >= 15 is 0 Å². The second-order valence-electron chi connectivity index (χ2n) is 3.96. The smallest absolute Gasteiger partial charge is 0.374 e. The van der Waals surface area contributed by atoms with Crippen molar-refractivity contribution in [1.29, 1.82) is 0 Å². The van der Waals surface area contributed by atoms with Crippen LogP contribution in [0.1, 0.15) is 17.5 Å². The molecule has 1 N–H and O–H groups in total. The average molecular weight is 283 g/mol. The summed E-state index contributed by atoms with van der Waals surface area (Å²) in [4.78, 5) is 11.5. The van der Waals surface area contributed by atoms with Crippen LogP contribution in [0.5, 0.6) is 0 Å². The Balaban J connectivity index is 2.36. The molecule has 0 aliphatic rings. The van der Waals surface area contributed by atoms with Crippen molar-refractivity contribution < 1.29 is 22.4 Å². The molecule has 0 radical (unpaired) electrons. The minimum absolute atomic E-state index is 0.0911. The van der Waals surface area contributed by atoms with Crippen LogP contribution in [0.4, 0.5) is 5.69 Å². The van der Waals surface area contributed by atoms with E-state index in [-0.39, 0.29) is 12.4 Å². The molecule has 0 amide bonds. The minimum atomic E-state index is -3.34. The lowest BCUT2D eigenvalue weighted by Gasteiger charge is -2.02. The van der Waals surface area contributed by atoms with Crippen molar-refractivity contribution in [3.63, 3.8) is 0 Å². The fourth-order valence-corrected chi connectivity index (χ4v) is 2.18. The average Bonchev–Trinajstić information content (AvgIpc) is 2.70. The third-order valence-corrected chi connectivity index (χ3v) is 2.90. The van der Waals surface area contributed by atoms with Crippen molar-refractivity contribution in [2.45, 2.75) is 6.92 Å². The summed E-state index contributed by atoms with van der Waals surface area (Å²) < 4.78 is 34.7. The Labute approximate surface area is 110 Å². The van der Waals surface area contributed by atoms with Crippen molar-refractivity contribution in [3.8, 4) is 0 Å². The Bertz CT molecular complexity index is 717.